The minimum absolute atomic E-state index is 0.522. The molecule has 0 amide bonds. The fourth-order valence-electron chi connectivity index (χ4n) is 2.18. The summed E-state index contributed by atoms with van der Waals surface area (Å²) in [5.74, 6) is 0.748. The molecule has 1 atom stereocenters. The van der Waals surface area contributed by atoms with Crippen molar-refractivity contribution in [2.75, 3.05) is 6.54 Å². The van der Waals surface area contributed by atoms with Crippen LogP contribution in [-0.2, 0) is 13.0 Å². The smallest absolute Gasteiger partial charge is 0.0968 e. The maximum atomic E-state index is 4.79. The summed E-state index contributed by atoms with van der Waals surface area (Å²) in [5, 5.41) is 4.80. The molecule has 2 nitrogen and oxygen atoms in total. The van der Waals surface area contributed by atoms with E-state index in [-0.39, 0.29) is 0 Å². The van der Waals surface area contributed by atoms with Gasteiger partial charge in [-0.15, -0.1) is 11.3 Å². The third kappa shape index (κ3) is 1.30. The summed E-state index contributed by atoms with van der Waals surface area (Å²) in [4.78, 5) is 6.27. The second-order valence-corrected chi connectivity index (χ2v) is 6.21. The fourth-order valence-corrected chi connectivity index (χ4v) is 3.58. The Balaban J connectivity index is 1.90. The van der Waals surface area contributed by atoms with E-state index in [1.54, 1.807) is 0 Å². The molecule has 1 aromatic rings. The molecule has 1 N–H and O–H groups in total. The Hall–Kier alpha value is -0.410. The van der Waals surface area contributed by atoms with E-state index < -0.39 is 0 Å². The zero-order chi connectivity index (χ0) is 9.76. The Labute approximate surface area is 88.7 Å². The molecule has 14 heavy (non-hydrogen) atoms. The summed E-state index contributed by atoms with van der Waals surface area (Å²) in [7, 11) is 0. The molecule has 0 radical (unpaired) electrons. The first-order valence-corrected chi connectivity index (χ1v) is 6.18. The first-order valence-electron chi connectivity index (χ1n) is 5.36. The molecule has 0 saturated heterocycles. The Morgan fingerprint density at radius 1 is 1.50 bits per heavy atom. The molecule has 3 rings (SSSR count). The summed E-state index contributed by atoms with van der Waals surface area (Å²) in [6, 6.07) is 0. The average Bonchev–Trinajstić information content (AvgIpc) is 2.62. The Kier molecular flexibility index (Phi) is 1.77. The van der Waals surface area contributed by atoms with Crippen LogP contribution < -0.4 is 5.32 Å². The fraction of sp³-hybridized carbons (Fsp3) is 0.727. The molecule has 0 bridgehead atoms. The van der Waals surface area contributed by atoms with E-state index in [9.17, 15) is 0 Å². The van der Waals surface area contributed by atoms with Crippen molar-refractivity contribution in [3.05, 3.63) is 15.6 Å². The van der Waals surface area contributed by atoms with Gasteiger partial charge in [0, 0.05) is 30.3 Å². The zero-order valence-corrected chi connectivity index (χ0v) is 9.58. The zero-order valence-electron chi connectivity index (χ0n) is 8.76. The number of thiazole rings is 1. The molecular formula is C11H16N2S. The van der Waals surface area contributed by atoms with Crippen LogP contribution in [0.3, 0.4) is 0 Å². The Bertz CT molecular complexity index is 344. The highest BCUT2D eigenvalue weighted by Gasteiger charge is 2.48. The van der Waals surface area contributed by atoms with Crippen molar-refractivity contribution in [1.82, 2.24) is 10.3 Å². The van der Waals surface area contributed by atoms with E-state index in [1.165, 1.54) is 22.0 Å². The number of nitrogens with zero attached hydrogens (tertiary/aromatic N) is 1. The first-order chi connectivity index (χ1) is 6.67. The summed E-state index contributed by atoms with van der Waals surface area (Å²) in [6.45, 7) is 6.83. The van der Waals surface area contributed by atoms with Crippen LogP contribution in [-0.4, -0.2) is 11.5 Å². The molecule has 1 aliphatic heterocycles. The summed E-state index contributed by atoms with van der Waals surface area (Å²) >= 11 is 1.93. The highest BCUT2D eigenvalue weighted by molar-refractivity contribution is 7.11. The predicted octanol–water partition coefficient (Wildman–Crippen LogP) is 2.30. The number of hydrogen-bond acceptors (Lipinski definition) is 3. The van der Waals surface area contributed by atoms with Crippen molar-refractivity contribution >= 4 is 11.3 Å². The van der Waals surface area contributed by atoms with Crippen LogP contribution in [0.15, 0.2) is 0 Å². The molecule has 1 fully saturated rings. The van der Waals surface area contributed by atoms with Crippen molar-refractivity contribution < 1.29 is 0 Å². The third-order valence-electron chi connectivity index (χ3n) is 3.43. The summed E-state index contributed by atoms with van der Waals surface area (Å²) in [5.41, 5.74) is 1.89. The van der Waals surface area contributed by atoms with E-state index in [0.29, 0.717) is 5.41 Å². The minimum atomic E-state index is 0.522. The van der Waals surface area contributed by atoms with Crippen LogP contribution in [0.1, 0.15) is 41.8 Å². The van der Waals surface area contributed by atoms with Gasteiger partial charge in [0.25, 0.3) is 0 Å². The van der Waals surface area contributed by atoms with E-state index in [4.69, 9.17) is 4.98 Å². The van der Waals surface area contributed by atoms with Crippen LogP contribution in [0.2, 0.25) is 0 Å². The lowest BCUT2D eigenvalue weighted by molar-refractivity contribution is 0.616. The lowest BCUT2D eigenvalue weighted by Gasteiger charge is -2.09. The molecule has 1 saturated carbocycles. The molecule has 0 spiro atoms. The van der Waals surface area contributed by atoms with Crippen molar-refractivity contribution in [3.63, 3.8) is 0 Å². The van der Waals surface area contributed by atoms with Crippen LogP contribution in [0.5, 0.6) is 0 Å². The molecule has 2 heterocycles. The molecule has 0 aromatic carbocycles. The molecular weight excluding hydrogens is 192 g/mol. The van der Waals surface area contributed by atoms with Gasteiger partial charge in [-0.25, -0.2) is 4.98 Å². The lowest BCUT2D eigenvalue weighted by atomic mass is 10.1. The number of rotatable bonds is 1. The maximum absolute atomic E-state index is 4.79. The van der Waals surface area contributed by atoms with Crippen LogP contribution in [0.25, 0.3) is 0 Å². The standard InChI is InChI=1S/C11H16N2S/c1-11(2)5-7(11)10-13-8-3-4-12-6-9(8)14-10/h7,12H,3-6H2,1-2H3. The molecule has 2 aliphatic rings. The summed E-state index contributed by atoms with van der Waals surface area (Å²) in [6.07, 6.45) is 2.45. The van der Waals surface area contributed by atoms with Crippen LogP contribution in [0.4, 0.5) is 0 Å². The minimum Gasteiger partial charge on any atom is -0.311 e. The number of nitrogens with one attached hydrogen (secondary N) is 1. The van der Waals surface area contributed by atoms with Gasteiger partial charge in [-0.3, -0.25) is 0 Å². The average molecular weight is 208 g/mol. The first kappa shape index (κ1) is 8.86. The highest BCUT2D eigenvalue weighted by Crippen LogP contribution is 2.59. The quantitative estimate of drug-likeness (QED) is 0.766. The number of fused-ring (bicyclic) bond motifs is 1. The molecule has 1 aliphatic carbocycles. The second kappa shape index (κ2) is 2.80. The van der Waals surface area contributed by atoms with Gasteiger partial charge >= 0.3 is 0 Å². The predicted molar refractivity (Wildman–Crippen MR) is 58.7 cm³/mol. The SMILES string of the molecule is CC1(C)CC1c1nc2c(s1)CNCC2. The van der Waals surface area contributed by atoms with E-state index in [0.717, 1.165) is 25.4 Å². The van der Waals surface area contributed by atoms with Gasteiger partial charge in [-0.1, -0.05) is 13.8 Å². The van der Waals surface area contributed by atoms with Gasteiger partial charge in [0.15, 0.2) is 0 Å². The monoisotopic (exact) mass is 208 g/mol. The van der Waals surface area contributed by atoms with Gasteiger partial charge in [-0.05, 0) is 11.8 Å². The number of aromatic nitrogens is 1. The molecule has 76 valence electrons. The lowest BCUT2D eigenvalue weighted by Crippen LogP contribution is -2.22. The van der Waals surface area contributed by atoms with Gasteiger partial charge in [-0.2, -0.15) is 0 Å². The maximum Gasteiger partial charge on any atom is 0.0968 e. The molecule has 3 heteroatoms. The van der Waals surface area contributed by atoms with E-state index >= 15 is 0 Å². The number of hydrogen-bond donors (Lipinski definition) is 1. The van der Waals surface area contributed by atoms with Crippen molar-refractivity contribution in [2.45, 2.75) is 39.2 Å². The van der Waals surface area contributed by atoms with Crippen molar-refractivity contribution in [2.24, 2.45) is 5.41 Å². The highest BCUT2D eigenvalue weighted by atomic mass is 32.1. The van der Waals surface area contributed by atoms with E-state index in [2.05, 4.69) is 19.2 Å². The Morgan fingerprint density at radius 2 is 2.29 bits per heavy atom. The summed E-state index contributed by atoms with van der Waals surface area (Å²) < 4.78 is 0. The topological polar surface area (TPSA) is 24.9 Å². The van der Waals surface area contributed by atoms with Gasteiger partial charge in [0.1, 0.15) is 0 Å². The normalized spacial score (nSPS) is 28.6. The second-order valence-electron chi connectivity index (χ2n) is 5.09. The van der Waals surface area contributed by atoms with Gasteiger partial charge in [0.2, 0.25) is 0 Å². The van der Waals surface area contributed by atoms with Crippen LogP contribution >= 0.6 is 11.3 Å². The Morgan fingerprint density at radius 3 is 2.93 bits per heavy atom. The van der Waals surface area contributed by atoms with Gasteiger partial charge < -0.3 is 5.32 Å². The molecule has 1 unspecified atom stereocenters. The van der Waals surface area contributed by atoms with E-state index in [1.807, 2.05) is 11.3 Å². The largest absolute Gasteiger partial charge is 0.311 e. The third-order valence-corrected chi connectivity index (χ3v) is 4.64. The van der Waals surface area contributed by atoms with Gasteiger partial charge in [0.05, 0.1) is 10.7 Å². The van der Waals surface area contributed by atoms with Crippen molar-refractivity contribution in [1.29, 1.82) is 0 Å². The van der Waals surface area contributed by atoms with Crippen LogP contribution in [0, 0.1) is 5.41 Å². The molecule has 1 aromatic heterocycles. The van der Waals surface area contributed by atoms with Crippen molar-refractivity contribution in [3.8, 4) is 0 Å².